The van der Waals surface area contributed by atoms with Crippen LogP contribution in [-0.2, 0) is 9.53 Å². The predicted molar refractivity (Wildman–Crippen MR) is 59.6 cm³/mol. The lowest BCUT2D eigenvalue weighted by molar-refractivity contribution is -0.125. The SMILES string of the molecule is CCCOCC(=O)NCC(Br)C1CC1. The van der Waals surface area contributed by atoms with Gasteiger partial charge >= 0.3 is 0 Å². The summed E-state index contributed by atoms with van der Waals surface area (Å²) in [5.74, 6) is 0.760. The fourth-order valence-corrected chi connectivity index (χ4v) is 1.89. The van der Waals surface area contributed by atoms with Crippen molar-refractivity contribution in [3.8, 4) is 0 Å². The summed E-state index contributed by atoms with van der Waals surface area (Å²) in [5, 5.41) is 2.85. The Morgan fingerprint density at radius 3 is 2.93 bits per heavy atom. The molecule has 1 aliphatic rings. The molecule has 0 spiro atoms. The van der Waals surface area contributed by atoms with Gasteiger partial charge in [0.25, 0.3) is 0 Å². The van der Waals surface area contributed by atoms with Gasteiger partial charge in [0.1, 0.15) is 6.61 Å². The number of halogens is 1. The summed E-state index contributed by atoms with van der Waals surface area (Å²) in [6.07, 6.45) is 3.53. The van der Waals surface area contributed by atoms with Crippen LogP contribution in [0.5, 0.6) is 0 Å². The first kappa shape index (κ1) is 12.0. The Morgan fingerprint density at radius 2 is 2.36 bits per heavy atom. The summed E-state index contributed by atoms with van der Waals surface area (Å²) >= 11 is 3.56. The standard InChI is InChI=1S/C10H18BrNO2/c1-2-5-14-7-10(13)12-6-9(11)8-3-4-8/h8-9H,2-7H2,1H3,(H,12,13). The lowest BCUT2D eigenvalue weighted by Crippen LogP contribution is -2.33. The van der Waals surface area contributed by atoms with E-state index in [1.807, 2.05) is 6.92 Å². The molecule has 0 bridgehead atoms. The molecule has 14 heavy (non-hydrogen) atoms. The zero-order chi connectivity index (χ0) is 10.4. The largest absolute Gasteiger partial charge is 0.372 e. The molecule has 4 heteroatoms. The van der Waals surface area contributed by atoms with Crippen molar-refractivity contribution in [2.24, 2.45) is 5.92 Å². The van der Waals surface area contributed by atoms with Crippen molar-refractivity contribution in [1.29, 1.82) is 0 Å². The summed E-state index contributed by atoms with van der Waals surface area (Å²) in [7, 11) is 0. The normalized spacial score (nSPS) is 17.9. The Labute approximate surface area is 93.7 Å². The molecule has 1 N–H and O–H groups in total. The van der Waals surface area contributed by atoms with Gasteiger partial charge in [-0.15, -0.1) is 0 Å². The lowest BCUT2D eigenvalue weighted by Gasteiger charge is -2.09. The van der Waals surface area contributed by atoms with E-state index >= 15 is 0 Å². The molecule has 1 fully saturated rings. The number of carbonyl (C=O) groups excluding carboxylic acids is 1. The van der Waals surface area contributed by atoms with Gasteiger partial charge in [0.15, 0.2) is 0 Å². The molecule has 1 saturated carbocycles. The minimum Gasteiger partial charge on any atom is -0.372 e. The van der Waals surface area contributed by atoms with Gasteiger partial charge in [0, 0.05) is 18.0 Å². The Morgan fingerprint density at radius 1 is 1.64 bits per heavy atom. The van der Waals surface area contributed by atoms with Crippen LogP contribution < -0.4 is 5.32 Å². The van der Waals surface area contributed by atoms with Crippen molar-refractivity contribution < 1.29 is 9.53 Å². The summed E-state index contributed by atoms with van der Waals surface area (Å²) in [6, 6.07) is 0. The number of carbonyl (C=O) groups is 1. The number of rotatable bonds is 7. The van der Waals surface area contributed by atoms with Gasteiger partial charge in [-0.2, -0.15) is 0 Å². The molecule has 0 saturated heterocycles. The molecule has 1 unspecified atom stereocenters. The van der Waals surface area contributed by atoms with Gasteiger partial charge in [0.05, 0.1) is 0 Å². The number of ether oxygens (including phenoxy) is 1. The molecule has 82 valence electrons. The van der Waals surface area contributed by atoms with E-state index in [-0.39, 0.29) is 12.5 Å². The molecular formula is C10H18BrNO2. The first-order valence-corrected chi connectivity index (χ1v) is 6.14. The maximum atomic E-state index is 11.2. The van der Waals surface area contributed by atoms with Gasteiger partial charge in [-0.05, 0) is 25.2 Å². The van der Waals surface area contributed by atoms with E-state index < -0.39 is 0 Å². The van der Waals surface area contributed by atoms with Crippen LogP contribution in [-0.4, -0.2) is 30.5 Å². The molecule has 1 amide bonds. The third-order valence-corrected chi connectivity index (χ3v) is 3.28. The number of alkyl halides is 1. The minimum atomic E-state index is -0.0106. The number of amides is 1. The fourth-order valence-electron chi connectivity index (χ4n) is 1.20. The van der Waals surface area contributed by atoms with E-state index in [2.05, 4.69) is 21.2 Å². The van der Waals surface area contributed by atoms with Crippen LogP contribution in [0, 0.1) is 5.92 Å². The van der Waals surface area contributed by atoms with Crippen molar-refractivity contribution in [1.82, 2.24) is 5.32 Å². The van der Waals surface area contributed by atoms with Crippen LogP contribution in [0.3, 0.4) is 0 Å². The van der Waals surface area contributed by atoms with Gasteiger partial charge in [-0.3, -0.25) is 4.79 Å². The van der Waals surface area contributed by atoms with E-state index in [1.165, 1.54) is 12.8 Å². The van der Waals surface area contributed by atoms with Gasteiger partial charge in [-0.1, -0.05) is 22.9 Å². The number of hydrogen-bond donors (Lipinski definition) is 1. The second-order valence-electron chi connectivity index (χ2n) is 3.71. The number of nitrogens with one attached hydrogen (secondary N) is 1. The van der Waals surface area contributed by atoms with Gasteiger partial charge in [-0.25, -0.2) is 0 Å². The van der Waals surface area contributed by atoms with Crippen molar-refractivity contribution in [2.45, 2.75) is 31.0 Å². The van der Waals surface area contributed by atoms with E-state index in [0.717, 1.165) is 18.9 Å². The van der Waals surface area contributed by atoms with Crippen LogP contribution in [0.25, 0.3) is 0 Å². The van der Waals surface area contributed by atoms with Gasteiger partial charge < -0.3 is 10.1 Å². The van der Waals surface area contributed by atoms with Crippen LogP contribution >= 0.6 is 15.9 Å². The Bertz CT molecular complexity index is 183. The average Bonchev–Trinajstić information content (AvgIpc) is 2.98. The summed E-state index contributed by atoms with van der Waals surface area (Å²) in [4.78, 5) is 11.7. The molecular weight excluding hydrogens is 246 g/mol. The zero-order valence-electron chi connectivity index (χ0n) is 8.59. The Kier molecular flexibility index (Phi) is 5.48. The smallest absolute Gasteiger partial charge is 0.246 e. The zero-order valence-corrected chi connectivity index (χ0v) is 10.2. The molecule has 0 radical (unpaired) electrons. The summed E-state index contributed by atoms with van der Waals surface area (Å²) in [6.45, 7) is 3.60. The second-order valence-corrected chi connectivity index (χ2v) is 4.89. The van der Waals surface area contributed by atoms with E-state index in [9.17, 15) is 4.79 Å². The van der Waals surface area contributed by atoms with Crippen LogP contribution in [0.1, 0.15) is 26.2 Å². The van der Waals surface area contributed by atoms with E-state index in [1.54, 1.807) is 0 Å². The molecule has 1 atom stereocenters. The fraction of sp³-hybridized carbons (Fsp3) is 0.900. The third-order valence-electron chi connectivity index (χ3n) is 2.21. The van der Waals surface area contributed by atoms with Crippen molar-refractivity contribution in [3.05, 3.63) is 0 Å². The van der Waals surface area contributed by atoms with E-state index in [0.29, 0.717) is 11.4 Å². The van der Waals surface area contributed by atoms with Crippen LogP contribution in [0.2, 0.25) is 0 Å². The first-order valence-electron chi connectivity index (χ1n) is 5.22. The van der Waals surface area contributed by atoms with Gasteiger partial charge in [0.2, 0.25) is 5.91 Å². The molecule has 0 heterocycles. The Hall–Kier alpha value is -0.0900. The molecule has 1 rings (SSSR count). The maximum absolute atomic E-state index is 11.2. The molecule has 1 aliphatic carbocycles. The van der Waals surface area contributed by atoms with Crippen molar-refractivity contribution in [3.63, 3.8) is 0 Å². The topological polar surface area (TPSA) is 38.3 Å². The maximum Gasteiger partial charge on any atom is 0.246 e. The molecule has 3 nitrogen and oxygen atoms in total. The lowest BCUT2D eigenvalue weighted by atomic mass is 10.3. The predicted octanol–water partition coefficient (Wildman–Crippen LogP) is 1.70. The Balaban J connectivity index is 1.96. The molecule has 0 aromatic heterocycles. The first-order chi connectivity index (χ1) is 6.74. The van der Waals surface area contributed by atoms with Crippen LogP contribution in [0.15, 0.2) is 0 Å². The summed E-state index contributed by atoms with van der Waals surface area (Å²) < 4.78 is 5.13. The molecule has 0 aromatic rings. The van der Waals surface area contributed by atoms with E-state index in [4.69, 9.17) is 4.74 Å². The van der Waals surface area contributed by atoms with Crippen molar-refractivity contribution >= 4 is 21.8 Å². The second kappa shape index (κ2) is 6.40. The van der Waals surface area contributed by atoms with Crippen molar-refractivity contribution in [2.75, 3.05) is 19.8 Å². The highest BCUT2D eigenvalue weighted by Gasteiger charge is 2.29. The monoisotopic (exact) mass is 263 g/mol. The summed E-state index contributed by atoms with van der Waals surface area (Å²) in [5.41, 5.74) is 0. The highest BCUT2D eigenvalue weighted by molar-refractivity contribution is 9.09. The highest BCUT2D eigenvalue weighted by atomic mass is 79.9. The third kappa shape index (κ3) is 4.96. The number of hydrogen-bond acceptors (Lipinski definition) is 2. The van der Waals surface area contributed by atoms with Crippen LogP contribution in [0.4, 0.5) is 0 Å². The minimum absolute atomic E-state index is 0.0106. The average molecular weight is 264 g/mol. The quantitative estimate of drug-likeness (QED) is 0.561. The molecule has 0 aromatic carbocycles. The molecule has 0 aliphatic heterocycles. The highest BCUT2D eigenvalue weighted by Crippen LogP contribution is 2.36.